The molecule has 5 heteroatoms. The number of para-hydroxylation sites is 1. The standard InChI is InChI=1S/C19H21FN2O2/c1-13(22-19(23)17-8-5-11-21-17)14-9-10-18(16(20)12-14)24-15-6-3-2-4-7-15/h2-4,6-7,9-10,12-13,17,21H,5,8,11H2,1H3,(H,22,23). The summed E-state index contributed by atoms with van der Waals surface area (Å²) in [5, 5.41) is 6.08. The van der Waals surface area contributed by atoms with Crippen molar-refractivity contribution in [3.05, 3.63) is 59.9 Å². The lowest BCUT2D eigenvalue weighted by Gasteiger charge is -2.18. The van der Waals surface area contributed by atoms with Crippen LogP contribution in [0.1, 0.15) is 31.4 Å². The molecule has 2 aromatic rings. The molecule has 4 nitrogen and oxygen atoms in total. The fourth-order valence-corrected chi connectivity index (χ4v) is 2.79. The van der Waals surface area contributed by atoms with Crippen molar-refractivity contribution in [3.8, 4) is 11.5 Å². The maximum atomic E-state index is 14.3. The molecule has 0 spiro atoms. The van der Waals surface area contributed by atoms with Gasteiger partial charge in [0, 0.05) is 0 Å². The lowest BCUT2D eigenvalue weighted by Crippen LogP contribution is -2.41. The number of hydrogen-bond donors (Lipinski definition) is 2. The summed E-state index contributed by atoms with van der Waals surface area (Å²) in [5.74, 6) is 0.264. The molecule has 0 aliphatic carbocycles. The van der Waals surface area contributed by atoms with Gasteiger partial charge in [0.1, 0.15) is 5.75 Å². The third-order valence-corrected chi connectivity index (χ3v) is 4.16. The molecule has 126 valence electrons. The third-order valence-electron chi connectivity index (χ3n) is 4.16. The van der Waals surface area contributed by atoms with Gasteiger partial charge in [0.05, 0.1) is 12.1 Å². The fraction of sp³-hybridized carbons (Fsp3) is 0.316. The van der Waals surface area contributed by atoms with Gasteiger partial charge in [-0.25, -0.2) is 4.39 Å². The predicted octanol–water partition coefficient (Wildman–Crippen LogP) is 3.55. The van der Waals surface area contributed by atoms with Crippen LogP contribution in [0.4, 0.5) is 4.39 Å². The molecule has 2 atom stereocenters. The Balaban J connectivity index is 1.66. The van der Waals surface area contributed by atoms with E-state index in [-0.39, 0.29) is 23.7 Å². The van der Waals surface area contributed by atoms with Crippen molar-refractivity contribution in [2.75, 3.05) is 6.54 Å². The maximum absolute atomic E-state index is 14.3. The average molecular weight is 328 g/mol. The molecule has 1 amide bonds. The zero-order valence-corrected chi connectivity index (χ0v) is 13.6. The Hall–Kier alpha value is -2.40. The highest BCUT2D eigenvalue weighted by Gasteiger charge is 2.23. The molecular formula is C19H21FN2O2. The summed E-state index contributed by atoms with van der Waals surface area (Å²) >= 11 is 0. The molecule has 3 rings (SSSR count). The molecule has 0 bridgehead atoms. The van der Waals surface area contributed by atoms with Crippen molar-refractivity contribution < 1.29 is 13.9 Å². The van der Waals surface area contributed by atoms with Gasteiger partial charge in [-0.15, -0.1) is 0 Å². The molecule has 1 aliphatic rings. The van der Waals surface area contributed by atoms with Gasteiger partial charge in [0.15, 0.2) is 11.6 Å². The maximum Gasteiger partial charge on any atom is 0.237 e. The summed E-state index contributed by atoms with van der Waals surface area (Å²) in [6.45, 7) is 2.71. The van der Waals surface area contributed by atoms with Gasteiger partial charge in [-0.1, -0.05) is 24.3 Å². The first-order chi connectivity index (χ1) is 11.6. The summed E-state index contributed by atoms with van der Waals surface area (Å²) in [6, 6.07) is 13.4. The quantitative estimate of drug-likeness (QED) is 0.882. The minimum Gasteiger partial charge on any atom is -0.454 e. The van der Waals surface area contributed by atoms with E-state index in [1.54, 1.807) is 24.3 Å². The van der Waals surface area contributed by atoms with Crippen LogP contribution in [0, 0.1) is 5.82 Å². The Bertz CT molecular complexity index is 700. The largest absolute Gasteiger partial charge is 0.454 e. The van der Waals surface area contributed by atoms with Crippen LogP contribution in [0.5, 0.6) is 11.5 Å². The van der Waals surface area contributed by atoms with Crippen LogP contribution in [0.3, 0.4) is 0 Å². The average Bonchev–Trinajstić information content (AvgIpc) is 3.12. The molecule has 1 fully saturated rings. The number of nitrogens with one attached hydrogen (secondary N) is 2. The first-order valence-electron chi connectivity index (χ1n) is 8.19. The highest BCUT2D eigenvalue weighted by atomic mass is 19.1. The Morgan fingerprint density at radius 3 is 2.75 bits per heavy atom. The van der Waals surface area contributed by atoms with Crippen molar-refractivity contribution in [2.24, 2.45) is 0 Å². The molecule has 1 aliphatic heterocycles. The summed E-state index contributed by atoms with van der Waals surface area (Å²) in [4.78, 5) is 12.1. The molecule has 0 saturated carbocycles. The van der Waals surface area contributed by atoms with E-state index < -0.39 is 5.82 Å². The van der Waals surface area contributed by atoms with Crippen LogP contribution in [0.2, 0.25) is 0 Å². The van der Waals surface area contributed by atoms with Crippen LogP contribution in [-0.4, -0.2) is 18.5 Å². The van der Waals surface area contributed by atoms with Crippen molar-refractivity contribution in [2.45, 2.75) is 31.8 Å². The lowest BCUT2D eigenvalue weighted by molar-refractivity contribution is -0.123. The van der Waals surface area contributed by atoms with Crippen molar-refractivity contribution in [1.82, 2.24) is 10.6 Å². The molecule has 2 N–H and O–H groups in total. The number of benzene rings is 2. The van der Waals surface area contributed by atoms with Gasteiger partial charge in [-0.05, 0) is 56.1 Å². The van der Waals surface area contributed by atoms with Gasteiger partial charge in [-0.2, -0.15) is 0 Å². The second-order valence-electron chi connectivity index (χ2n) is 5.98. The first-order valence-corrected chi connectivity index (χ1v) is 8.19. The number of ether oxygens (including phenoxy) is 1. The molecule has 0 aromatic heterocycles. The Morgan fingerprint density at radius 2 is 2.08 bits per heavy atom. The predicted molar refractivity (Wildman–Crippen MR) is 90.5 cm³/mol. The van der Waals surface area contributed by atoms with E-state index in [2.05, 4.69) is 10.6 Å². The third kappa shape index (κ3) is 3.92. The van der Waals surface area contributed by atoms with Crippen LogP contribution in [0.15, 0.2) is 48.5 Å². The van der Waals surface area contributed by atoms with Gasteiger partial charge < -0.3 is 15.4 Å². The number of hydrogen-bond acceptors (Lipinski definition) is 3. The SMILES string of the molecule is CC(NC(=O)C1CCCN1)c1ccc(Oc2ccccc2)c(F)c1. The molecule has 24 heavy (non-hydrogen) atoms. The van der Waals surface area contributed by atoms with Crippen LogP contribution in [0.25, 0.3) is 0 Å². The Morgan fingerprint density at radius 1 is 1.29 bits per heavy atom. The molecule has 2 unspecified atom stereocenters. The van der Waals surface area contributed by atoms with Crippen molar-refractivity contribution >= 4 is 5.91 Å². The molecule has 0 radical (unpaired) electrons. The number of carbonyl (C=O) groups excluding carboxylic acids is 1. The highest BCUT2D eigenvalue weighted by Crippen LogP contribution is 2.26. The van der Waals surface area contributed by atoms with Gasteiger partial charge in [0.25, 0.3) is 0 Å². The van der Waals surface area contributed by atoms with Crippen molar-refractivity contribution in [3.63, 3.8) is 0 Å². The number of amides is 1. The summed E-state index contributed by atoms with van der Waals surface area (Å²) in [5.41, 5.74) is 0.708. The van der Waals surface area contributed by atoms with Crippen LogP contribution >= 0.6 is 0 Å². The van der Waals surface area contributed by atoms with E-state index in [9.17, 15) is 9.18 Å². The van der Waals surface area contributed by atoms with E-state index in [0.29, 0.717) is 11.3 Å². The van der Waals surface area contributed by atoms with E-state index >= 15 is 0 Å². The Kier molecular flexibility index (Phi) is 5.11. The van der Waals surface area contributed by atoms with Crippen LogP contribution in [-0.2, 0) is 4.79 Å². The first kappa shape index (κ1) is 16.5. The van der Waals surface area contributed by atoms with E-state index in [4.69, 9.17) is 4.74 Å². The van der Waals surface area contributed by atoms with Gasteiger partial charge in [-0.3, -0.25) is 4.79 Å². The normalized spacial score (nSPS) is 18.2. The smallest absolute Gasteiger partial charge is 0.237 e. The van der Waals surface area contributed by atoms with E-state index in [0.717, 1.165) is 19.4 Å². The van der Waals surface area contributed by atoms with Gasteiger partial charge in [0.2, 0.25) is 5.91 Å². The monoisotopic (exact) mass is 328 g/mol. The molecule has 1 heterocycles. The minimum absolute atomic E-state index is 0.0370. The fourth-order valence-electron chi connectivity index (χ4n) is 2.79. The summed E-state index contributed by atoms with van der Waals surface area (Å²) in [7, 11) is 0. The van der Waals surface area contributed by atoms with Crippen molar-refractivity contribution in [1.29, 1.82) is 0 Å². The number of rotatable bonds is 5. The molecular weight excluding hydrogens is 307 g/mol. The zero-order valence-electron chi connectivity index (χ0n) is 13.6. The van der Waals surface area contributed by atoms with Crippen LogP contribution < -0.4 is 15.4 Å². The zero-order chi connectivity index (χ0) is 16.9. The summed E-state index contributed by atoms with van der Waals surface area (Å²) in [6.07, 6.45) is 1.85. The van der Waals surface area contributed by atoms with E-state index in [1.165, 1.54) is 6.07 Å². The minimum atomic E-state index is -0.448. The summed E-state index contributed by atoms with van der Waals surface area (Å²) < 4.78 is 19.8. The lowest BCUT2D eigenvalue weighted by atomic mass is 10.1. The van der Waals surface area contributed by atoms with E-state index in [1.807, 2.05) is 25.1 Å². The topological polar surface area (TPSA) is 50.4 Å². The second-order valence-corrected chi connectivity index (χ2v) is 5.98. The number of carbonyl (C=O) groups is 1. The Labute approximate surface area is 141 Å². The highest BCUT2D eigenvalue weighted by molar-refractivity contribution is 5.82. The van der Waals surface area contributed by atoms with Gasteiger partial charge >= 0.3 is 0 Å². The molecule has 2 aromatic carbocycles. The molecule has 1 saturated heterocycles. The number of halogens is 1. The second kappa shape index (κ2) is 7.45.